The Balaban J connectivity index is 1.69. The molecule has 0 spiro atoms. The predicted molar refractivity (Wildman–Crippen MR) is 98.8 cm³/mol. The van der Waals surface area contributed by atoms with E-state index in [1.54, 1.807) is 10.4 Å². The van der Waals surface area contributed by atoms with Crippen molar-refractivity contribution in [1.29, 1.82) is 0 Å². The van der Waals surface area contributed by atoms with Gasteiger partial charge in [0.05, 0.1) is 0 Å². The fourth-order valence-electron chi connectivity index (χ4n) is 3.16. The summed E-state index contributed by atoms with van der Waals surface area (Å²) in [5.74, 6) is 0. The molecule has 1 aromatic carbocycles. The number of sulfonamides is 1. The van der Waals surface area contributed by atoms with Gasteiger partial charge in [-0.3, -0.25) is 4.90 Å². The van der Waals surface area contributed by atoms with E-state index in [9.17, 15) is 8.42 Å². The lowest BCUT2D eigenvalue weighted by Crippen LogP contribution is -2.53. The molecule has 0 aliphatic carbocycles. The molecule has 2 aromatic rings. The molecule has 2 heterocycles. The van der Waals surface area contributed by atoms with Gasteiger partial charge in [0, 0.05) is 37.1 Å². The van der Waals surface area contributed by atoms with Gasteiger partial charge >= 0.3 is 0 Å². The van der Waals surface area contributed by atoms with E-state index in [1.807, 2.05) is 38.1 Å². The fraction of sp³-hybridized carbons (Fsp3) is 0.444. The third-order valence-corrected chi connectivity index (χ3v) is 8.16. The van der Waals surface area contributed by atoms with Crippen LogP contribution in [0.4, 0.5) is 0 Å². The molecule has 0 saturated carbocycles. The van der Waals surface area contributed by atoms with Gasteiger partial charge in [0.25, 0.3) is 10.0 Å². The SMILES string of the molecule is CCc1ccc(S(=O)(=O)N2CCN(Cc3ccccc3)C[C@H]2C)s1. The molecule has 3 rings (SSSR count). The van der Waals surface area contributed by atoms with E-state index >= 15 is 0 Å². The first kappa shape index (κ1) is 17.6. The van der Waals surface area contributed by atoms with Gasteiger partial charge in [-0.1, -0.05) is 37.3 Å². The summed E-state index contributed by atoms with van der Waals surface area (Å²) < 4.78 is 28.0. The summed E-state index contributed by atoms with van der Waals surface area (Å²) in [5, 5.41) is 0. The minimum absolute atomic E-state index is 0.0142. The second-order valence-corrected chi connectivity index (χ2v) is 9.55. The molecule has 1 atom stereocenters. The molecule has 0 bridgehead atoms. The molecule has 0 unspecified atom stereocenters. The molecule has 1 fully saturated rings. The number of nitrogens with zero attached hydrogens (tertiary/aromatic N) is 2. The van der Waals surface area contributed by atoms with Crippen LogP contribution in [0, 0.1) is 0 Å². The standard InChI is InChI=1S/C18H24N2O2S2/c1-3-17-9-10-18(23-17)24(21,22)20-12-11-19(13-15(20)2)14-16-7-5-4-6-8-16/h4-10,15H,3,11-14H2,1-2H3/t15-/m1/s1. The molecule has 4 nitrogen and oxygen atoms in total. The van der Waals surface area contributed by atoms with E-state index in [1.165, 1.54) is 16.9 Å². The van der Waals surface area contributed by atoms with Crippen molar-refractivity contribution in [2.45, 2.75) is 37.1 Å². The minimum Gasteiger partial charge on any atom is -0.296 e. The van der Waals surface area contributed by atoms with Gasteiger partial charge in [-0.2, -0.15) is 4.31 Å². The Hall–Kier alpha value is -1.21. The molecule has 0 N–H and O–H groups in total. The van der Waals surface area contributed by atoms with Crippen molar-refractivity contribution in [3.05, 3.63) is 52.9 Å². The van der Waals surface area contributed by atoms with Crippen molar-refractivity contribution in [2.75, 3.05) is 19.6 Å². The lowest BCUT2D eigenvalue weighted by atomic mass is 10.1. The number of rotatable bonds is 5. The Bertz CT molecular complexity index is 771. The van der Waals surface area contributed by atoms with Gasteiger partial charge in [0.15, 0.2) is 0 Å². The number of piperazine rings is 1. The normalized spacial score (nSPS) is 20.3. The summed E-state index contributed by atoms with van der Waals surface area (Å²) in [4.78, 5) is 3.45. The van der Waals surface area contributed by atoms with Crippen LogP contribution < -0.4 is 0 Å². The maximum atomic E-state index is 12.9. The van der Waals surface area contributed by atoms with Crippen molar-refractivity contribution in [3.8, 4) is 0 Å². The molecular formula is C18H24N2O2S2. The molecule has 6 heteroatoms. The van der Waals surface area contributed by atoms with Gasteiger partial charge in [-0.25, -0.2) is 8.42 Å². The van der Waals surface area contributed by atoms with Crippen LogP contribution in [0.2, 0.25) is 0 Å². The summed E-state index contributed by atoms with van der Waals surface area (Å²) >= 11 is 1.40. The molecule has 1 saturated heterocycles. The van der Waals surface area contributed by atoms with Crippen LogP contribution in [0.5, 0.6) is 0 Å². The van der Waals surface area contributed by atoms with Crippen molar-refractivity contribution in [3.63, 3.8) is 0 Å². The Kier molecular flexibility index (Phi) is 5.39. The maximum absolute atomic E-state index is 12.9. The number of benzene rings is 1. The van der Waals surface area contributed by atoms with E-state index in [0.29, 0.717) is 10.8 Å². The van der Waals surface area contributed by atoms with Crippen LogP contribution in [-0.2, 0) is 23.0 Å². The molecule has 1 aliphatic heterocycles. The highest BCUT2D eigenvalue weighted by Gasteiger charge is 2.34. The summed E-state index contributed by atoms with van der Waals surface area (Å²) in [6.45, 7) is 7.01. The van der Waals surface area contributed by atoms with Crippen molar-refractivity contribution in [2.24, 2.45) is 0 Å². The summed E-state index contributed by atoms with van der Waals surface area (Å²) in [7, 11) is -3.37. The van der Waals surface area contributed by atoms with Gasteiger partial charge in [-0.15, -0.1) is 11.3 Å². The first-order chi connectivity index (χ1) is 11.5. The molecule has 24 heavy (non-hydrogen) atoms. The summed E-state index contributed by atoms with van der Waals surface area (Å²) in [6.07, 6.45) is 0.876. The molecule has 1 aromatic heterocycles. The monoisotopic (exact) mass is 364 g/mol. The molecule has 0 amide bonds. The average molecular weight is 365 g/mol. The van der Waals surface area contributed by atoms with E-state index in [0.717, 1.165) is 30.9 Å². The lowest BCUT2D eigenvalue weighted by molar-refractivity contribution is 0.138. The highest BCUT2D eigenvalue weighted by molar-refractivity contribution is 7.91. The topological polar surface area (TPSA) is 40.6 Å². The number of hydrogen-bond donors (Lipinski definition) is 0. The first-order valence-corrected chi connectivity index (χ1v) is 10.6. The number of hydrogen-bond acceptors (Lipinski definition) is 4. The Morgan fingerprint density at radius 2 is 1.88 bits per heavy atom. The maximum Gasteiger partial charge on any atom is 0.252 e. The number of thiophene rings is 1. The van der Waals surface area contributed by atoms with Gasteiger partial charge in [-0.05, 0) is 31.0 Å². The van der Waals surface area contributed by atoms with Crippen LogP contribution in [0.25, 0.3) is 0 Å². The van der Waals surface area contributed by atoms with E-state index in [-0.39, 0.29) is 6.04 Å². The predicted octanol–water partition coefficient (Wildman–Crippen LogP) is 3.21. The van der Waals surface area contributed by atoms with Crippen LogP contribution >= 0.6 is 11.3 Å². The smallest absolute Gasteiger partial charge is 0.252 e. The minimum atomic E-state index is -3.37. The zero-order valence-corrected chi connectivity index (χ0v) is 15.8. The van der Waals surface area contributed by atoms with Gasteiger partial charge in [0.2, 0.25) is 0 Å². The third-order valence-electron chi connectivity index (χ3n) is 4.45. The van der Waals surface area contributed by atoms with Crippen molar-refractivity contribution in [1.82, 2.24) is 9.21 Å². The van der Waals surface area contributed by atoms with Crippen LogP contribution in [0.3, 0.4) is 0 Å². The lowest BCUT2D eigenvalue weighted by Gasteiger charge is -2.38. The van der Waals surface area contributed by atoms with Crippen LogP contribution in [-0.4, -0.2) is 43.3 Å². The van der Waals surface area contributed by atoms with Crippen molar-refractivity contribution >= 4 is 21.4 Å². The average Bonchev–Trinajstić information content (AvgIpc) is 3.05. The molecule has 1 aliphatic rings. The van der Waals surface area contributed by atoms with E-state index < -0.39 is 10.0 Å². The second kappa shape index (κ2) is 7.35. The zero-order valence-electron chi connectivity index (χ0n) is 14.2. The highest BCUT2D eigenvalue weighted by atomic mass is 32.2. The van der Waals surface area contributed by atoms with Crippen molar-refractivity contribution < 1.29 is 8.42 Å². The van der Waals surface area contributed by atoms with Crippen LogP contribution in [0.15, 0.2) is 46.7 Å². The zero-order chi connectivity index (χ0) is 17.2. The third kappa shape index (κ3) is 3.72. The Labute approximate surface area is 148 Å². The van der Waals surface area contributed by atoms with Gasteiger partial charge < -0.3 is 0 Å². The fourth-order valence-corrected chi connectivity index (χ4v) is 6.20. The van der Waals surface area contributed by atoms with Crippen LogP contribution in [0.1, 0.15) is 24.3 Å². The quantitative estimate of drug-likeness (QED) is 0.818. The largest absolute Gasteiger partial charge is 0.296 e. The molecule has 0 radical (unpaired) electrons. The molecular weight excluding hydrogens is 340 g/mol. The highest BCUT2D eigenvalue weighted by Crippen LogP contribution is 2.28. The first-order valence-electron chi connectivity index (χ1n) is 8.37. The van der Waals surface area contributed by atoms with Gasteiger partial charge in [0.1, 0.15) is 4.21 Å². The van der Waals surface area contributed by atoms with E-state index in [2.05, 4.69) is 17.0 Å². The number of aryl methyl sites for hydroxylation is 1. The summed E-state index contributed by atoms with van der Waals surface area (Å²) in [5.41, 5.74) is 1.27. The summed E-state index contributed by atoms with van der Waals surface area (Å²) in [6, 6.07) is 14.0. The second-order valence-electron chi connectivity index (χ2n) is 6.26. The molecule has 130 valence electrons. The Morgan fingerprint density at radius 3 is 2.50 bits per heavy atom. The Morgan fingerprint density at radius 1 is 1.12 bits per heavy atom. The van der Waals surface area contributed by atoms with E-state index in [4.69, 9.17) is 0 Å².